The van der Waals surface area contributed by atoms with Gasteiger partial charge < -0.3 is 11.1 Å². The molecule has 3 N–H and O–H groups in total. The number of benzene rings is 1. The number of rotatable bonds is 4. The predicted molar refractivity (Wildman–Crippen MR) is 69.7 cm³/mol. The monoisotopic (exact) mass is 332 g/mol. The highest BCUT2D eigenvalue weighted by Gasteiger charge is 2.16. The minimum atomic E-state index is -0.641. The van der Waals surface area contributed by atoms with Crippen molar-refractivity contribution in [2.24, 2.45) is 5.73 Å². The smallest absolute Gasteiger partial charge is 0.240 e. The maximum Gasteiger partial charge on any atom is 0.240 e. The summed E-state index contributed by atoms with van der Waals surface area (Å²) in [5, 5.41) is 2.53. The SMILES string of the molecule is CC(=O)N[C@H](Cc1ccc(I)cc1)C(N)=O. The van der Waals surface area contributed by atoms with E-state index < -0.39 is 11.9 Å². The van der Waals surface area contributed by atoms with E-state index in [1.54, 1.807) is 0 Å². The van der Waals surface area contributed by atoms with Crippen molar-refractivity contribution in [1.82, 2.24) is 5.32 Å². The molecule has 0 bridgehead atoms. The second kappa shape index (κ2) is 5.83. The summed E-state index contributed by atoms with van der Waals surface area (Å²) >= 11 is 2.20. The van der Waals surface area contributed by atoms with E-state index in [0.29, 0.717) is 6.42 Å². The van der Waals surface area contributed by atoms with Gasteiger partial charge in [-0.05, 0) is 40.3 Å². The van der Waals surface area contributed by atoms with Gasteiger partial charge in [0.05, 0.1) is 0 Å². The van der Waals surface area contributed by atoms with Crippen LogP contribution in [0.3, 0.4) is 0 Å². The fraction of sp³-hybridized carbons (Fsp3) is 0.273. The Bertz CT molecular complexity index is 389. The molecule has 0 heterocycles. The Morgan fingerprint density at radius 3 is 2.38 bits per heavy atom. The number of nitrogens with one attached hydrogen (secondary N) is 1. The van der Waals surface area contributed by atoms with Crippen LogP contribution in [-0.2, 0) is 16.0 Å². The van der Waals surface area contributed by atoms with Crippen molar-refractivity contribution in [1.29, 1.82) is 0 Å². The lowest BCUT2D eigenvalue weighted by Gasteiger charge is -2.14. The zero-order valence-corrected chi connectivity index (χ0v) is 11.0. The molecule has 0 fully saturated rings. The molecule has 1 rings (SSSR count). The van der Waals surface area contributed by atoms with Crippen molar-refractivity contribution >= 4 is 34.4 Å². The van der Waals surface area contributed by atoms with Gasteiger partial charge in [0.15, 0.2) is 0 Å². The quantitative estimate of drug-likeness (QED) is 0.802. The van der Waals surface area contributed by atoms with E-state index in [4.69, 9.17) is 5.73 Å². The third-order valence-corrected chi connectivity index (χ3v) is 2.79. The Hall–Kier alpha value is -1.11. The van der Waals surface area contributed by atoms with Crippen molar-refractivity contribution in [2.75, 3.05) is 0 Å². The summed E-state index contributed by atoms with van der Waals surface area (Å²) in [4.78, 5) is 22.0. The van der Waals surface area contributed by atoms with Gasteiger partial charge in [-0.15, -0.1) is 0 Å². The summed E-state index contributed by atoms with van der Waals surface area (Å²) in [7, 11) is 0. The van der Waals surface area contributed by atoms with Gasteiger partial charge in [0.1, 0.15) is 6.04 Å². The number of carbonyl (C=O) groups excluding carboxylic acids is 2. The molecule has 2 amide bonds. The molecule has 0 spiro atoms. The lowest BCUT2D eigenvalue weighted by atomic mass is 10.1. The molecule has 1 atom stereocenters. The first kappa shape index (κ1) is 13.0. The summed E-state index contributed by atoms with van der Waals surface area (Å²) in [6.45, 7) is 1.36. The normalized spacial score (nSPS) is 11.9. The highest BCUT2D eigenvalue weighted by Crippen LogP contribution is 2.08. The molecule has 4 nitrogen and oxygen atoms in total. The van der Waals surface area contributed by atoms with Crippen LogP contribution in [0, 0.1) is 3.57 Å². The van der Waals surface area contributed by atoms with Crippen molar-refractivity contribution in [3.8, 4) is 0 Å². The molecule has 5 heteroatoms. The Morgan fingerprint density at radius 2 is 1.94 bits per heavy atom. The van der Waals surface area contributed by atoms with Gasteiger partial charge in [0, 0.05) is 16.9 Å². The molecule has 1 aromatic rings. The number of hydrogen-bond donors (Lipinski definition) is 2. The number of halogens is 1. The van der Waals surface area contributed by atoms with E-state index in [0.717, 1.165) is 9.13 Å². The van der Waals surface area contributed by atoms with E-state index >= 15 is 0 Å². The Labute approximate surface area is 108 Å². The van der Waals surface area contributed by atoms with Crippen LogP contribution >= 0.6 is 22.6 Å². The van der Waals surface area contributed by atoms with Crippen LogP contribution in [0.2, 0.25) is 0 Å². The molecule has 0 aromatic heterocycles. The van der Waals surface area contributed by atoms with Gasteiger partial charge in [-0.2, -0.15) is 0 Å². The fourth-order valence-electron chi connectivity index (χ4n) is 1.32. The maximum atomic E-state index is 11.1. The summed E-state index contributed by atoms with van der Waals surface area (Å²) in [6.07, 6.45) is 0.422. The first-order chi connectivity index (χ1) is 7.49. The summed E-state index contributed by atoms with van der Waals surface area (Å²) in [5.74, 6) is -0.775. The molecule has 0 aliphatic carbocycles. The zero-order valence-electron chi connectivity index (χ0n) is 8.87. The van der Waals surface area contributed by atoms with E-state index in [1.807, 2.05) is 24.3 Å². The lowest BCUT2D eigenvalue weighted by Crippen LogP contribution is -2.44. The summed E-state index contributed by atoms with van der Waals surface area (Å²) in [5.41, 5.74) is 6.18. The van der Waals surface area contributed by atoms with Crippen LogP contribution in [0.4, 0.5) is 0 Å². The molecule has 86 valence electrons. The Kier molecular flexibility index (Phi) is 4.72. The number of nitrogens with two attached hydrogens (primary N) is 1. The average molecular weight is 332 g/mol. The molecule has 0 unspecified atom stereocenters. The average Bonchev–Trinajstić information content (AvgIpc) is 2.19. The van der Waals surface area contributed by atoms with Gasteiger partial charge in [0.25, 0.3) is 0 Å². The van der Waals surface area contributed by atoms with Crippen LogP contribution < -0.4 is 11.1 Å². The van der Waals surface area contributed by atoms with E-state index in [9.17, 15) is 9.59 Å². The van der Waals surface area contributed by atoms with Crippen molar-refractivity contribution in [2.45, 2.75) is 19.4 Å². The first-order valence-electron chi connectivity index (χ1n) is 4.80. The zero-order chi connectivity index (χ0) is 12.1. The van der Waals surface area contributed by atoms with E-state index in [-0.39, 0.29) is 5.91 Å². The van der Waals surface area contributed by atoms with Gasteiger partial charge in [-0.1, -0.05) is 12.1 Å². The Morgan fingerprint density at radius 1 is 1.38 bits per heavy atom. The first-order valence-corrected chi connectivity index (χ1v) is 5.88. The summed E-state index contributed by atoms with van der Waals surface area (Å²) in [6, 6.07) is 7.08. The lowest BCUT2D eigenvalue weighted by molar-refractivity contribution is -0.126. The number of primary amides is 1. The van der Waals surface area contributed by atoms with Crippen LogP contribution in [0.1, 0.15) is 12.5 Å². The topological polar surface area (TPSA) is 72.2 Å². The van der Waals surface area contributed by atoms with Crippen molar-refractivity contribution in [3.05, 3.63) is 33.4 Å². The van der Waals surface area contributed by atoms with Crippen LogP contribution in [0.5, 0.6) is 0 Å². The van der Waals surface area contributed by atoms with Crippen LogP contribution in [0.25, 0.3) is 0 Å². The molecular formula is C11H13IN2O2. The molecule has 0 saturated carbocycles. The molecule has 1 aromatic carbocycles. The van der Waals surface area contributed by atoms with Gasteiger partial charge >= 0.3 is 0 Å². The minimum Gasteiger partial charge on any atom is -0.368 e. The standard InChI is InChI=1S/C11H13IN2O2/c1-7(15)14-10(11(13)16)6-8-2-4-9(12)5-3-8/h2-5,10H,6H2,1H3,(H2,13,16)(H,14,15)/t10-/m1/s1. The van der Waals surface area contributed by atoms with Crippen molar-refractivity contribution < 1.29 is 9.59 Å². The van der Waals surface area contributed by atoms with Gasteiger partial charge in [0.2, 0.25) is 11.8 Å². The molecule has 0 aliphatic heterocycles. The fourth-order valence-corrected chi connectivity index (χ4v) is 1.68. The third kappa shape index (κ3) is 4.18. The second-order valence-corrected chi connectivity index (χ2v) is 4.73. The highest BCUT2D eigenvalue weighted by atomic mass is 127. The largest absolute Gasteiger partial charge is 0.368 e. The van der Waals surface area contributed by atoms with Crippen LogP contribution in [0.15, 0.2) is 24.3 Å². The number of amides is 2. The molecule has 16 heavy (non-hydrogen) atoms. The minimum absolute atomic E-state index is 0.255. The molecule has 0 saturated heterocycles. The van der Waals surface area contributed by atoms with E-state index in [1.165, 1.54) is 6.92 Å². The number of carbonyl (C=O) groups is 2. The predicted octanol–water partition coefficient (Wildman–Crippen LogP) is 0.824. The van der Waals surface area contributed by atoms with E-state index in [2.05, 4.69) is 27.9 Å². The second-order valence-electron chi connectivity index (χ2n) is 3.49. The third-order valence-electron chi connectivity index (χ3n) is 2.07. The Balaban J connectivity index is 2.71. The summed E-state index contributed by atoms with van der Waals surface area (Å²) < 4.78 is 1.12. The molecule has 0 aliphatic rings. The molecule has 0 radical (unpaired) electrons. The number of hydrogen-bond acceptors (Lipinski definition) is 2. The van der Waals surface area contributed by atoms with Crippen LogP contribution in [-0.4, -0.2) is 17.9 Å². The molecular weight excluding hydrogens is 319 g/mol. The van der Waals surface area contributed by atoms with Crippen molar-refractivity contribution in [3.63, 3.8) is 0 Å². The van der Waals surface area contributed by atoms with Gasteiger partial charge in [-0.3, -0.25) is 9.59 Å². The highest BCUT2D eigenvalue weighted by molar-refractivity contribution is 14.1. The maximum absolute atomic E-state index is 11.1. The van der Waals surface area contributed by atoms with Gasteiger partial charge in [-0.25, -0.2) is 0 Å².